The van der Waals surface area contributed by atoms with Crippen LogP contribution in [0.2, 0.25) is 0 Å². The van der Waals surface area contributed by atoms with Crippen molar-refractivity contribution in [3.05, 3.63) is 88.0 Å². The summed E-state index contributed by atoms with van der Waals surface area (Å²) in [5.41, 5.74) is 5.99. The molecule has 3 aromatic rings. The molecule has 4 aliphatic rings. The van der Waals surface area contributed by atoms with Crippen LogP contribution in [0.15, 0.2) is 75.7 Å². The van der Waals surface area contributed by atoms with E-state index in [0.29, 0.717) is 90.3 Å². The smallest absolute Gasteiger partial charge is 0.257 e. The SMILES string of the molecule is C/C=C1\C[C@H]2C=Nc3cc(OCc4cc(COc5cc6c(cc5OC)C(=O)N5C/C(=C/C)C[C@H]5C=N6)cc(OCCCNC(=O)CCC(C)(C)SSC)c4)c(OC)cc3C(=O)N2C1. The minimum absolute atomic E-state index is 0.0214. The van der Waals surface area contributed by atoms with Crippen molar-refractivity contribution in [2.24, 2.45) is 9.98 Å². The van der Waals surface area contributed by atoms with Crippen LogP contribution in [0, 0.1) is 0 Å². The number of fused-ring (bicyclic) bond motifs is 4. The first kappa shape index (κ1) is 45.6. The van der Waals surface area contributed by atoms with E-state index in [1.807, 2.05) is 60.5 Å². The zero-order chi connectivity index (χ0) is 44.7. The number of methoxy groups -OCH3 is 2. The predicted octanol–water partition coefficient (Wildman–Crippen LogP) is 9.07. The van der Waals surface area contributed by atoms with Crippen molar-refractivity contribution in [3.63, 3.8) is 0 Å². The van der Waals surface area contributed by atoms with Crippen LogP contribution >= 0.6 is 21.6 Å². The predicted molar refractivity (Wildman–Crippen MR) is 251 cm³/mol. The standard InChI is InChI=1S/C48H57N5O8S2/c1-8-30-16-34-24-50-39-22-43(41(57-5)20-37(39)46(55)52(34)26-30)60-28-32-15-33(19-36(18-32)59-14-10-13-49-45(54)11-12-48(3,4)63-62-7)29-61-44-23-40-38(21-42(44)58-6)47(56)53-27-31(9-2)17-35(53)25-51-40/h8-9,15,18-25,34-35H,10-14,16-17,26-29H2,1-7H3,(H,49,54)/b30-8+,31-9+/t34-,35-/m0/s1. The minimum atomic E-state index is -0.0991. The molecule has 0 aromatic heterocycles. The van der Waals surface area contributed by atoms with Gasteiger partial charge >= 0.3 is 0 Å². The van der Waals surface area contributed by atoms with E-state index in [9.17, 15) is 14.4 Å². The molecule has 334 valence electrons. The topological polar surface area (TPSA) is 141 Å². The Morgan fingerprint density at radius 2 is 1.30 bits per heavy atom. The molecule has 4 aliphatic heterocycles. The van der Waals surface area contributed by atoms with E-state index in [1.165, 1.54) is 11.1 Å². The van der Waals surface area contributed by atoms with Gasteiger partial charge in [0.1, 0.15) is 19.0 Å². The van der Waals surface area contributed by atoms with Gasteiger partial charge in [0.2, 0.25) is 5.91 Å². The average molecular weight is 896 g/mol. The number of allylic oxidation sites excluding steroid dienone is 2. The lowest BCUT2D eigenvalue weighted by Gasteiger charge is -2.21. The van der Waals surface area contributed by atoms with Gasteiger partial charge in [0.25, 0.3) is 11.8 Å². The van der Waals surface area contributed by atoms with E-state index in [2.05, 4.69) is 31.3 Å². The van der Waals surface area contributed by atoms with Crippen molar-refractivity contribution in [1.29, 1.82) is 0 Å². The average Bonchev–Trinajstić information content (AvgIpc) is 3.85. The first-order valence-corrected chi connectivity index (χ1v) is 23.9. The molecule has 63 heavy (non-hydrogen) atoms. The van der Waals surface area contributed by atoms with E-state index in [4.69, 9.17) is 33.7 Å². The molecule has 0 bridgehead atoms. The summed E-state index contributed by atoms with van der Waals surface area (Å²) < 4.78 is 30.6. The molecule has 0 unspecified atom stereocenters. The van der Waals surface area contributed by atoms with E-state index in [1.54, 1.807) is 60.1 Å². The van der Waals surface area contributed by atoms with E-state index in [0.717, 1.165) is 30.4 Å². The number of ether oxygens (including phenoxy) is 5. The van der Waals surface area contributed by atoms with Gasteiger partial charge in [0, 0.05) is 55.4 Å². The van der Waals surface area contributed by atoms with Gasteiger partial charge in [-0.25, -0.2) is 0 Å². The van der Waals surface area contributed by atoms with Crippen LogP contribution in [0.4, 0.5) is 11.4 Å². The number of aliphatic imine (C=N–C) groups is 2. The molecule has 2 fully saturated rings. The van der Waals surface area contributed by atoms with Crippen LogP contribution in [0.5, 0.6) is 28.7 Å². The second-order valence-corrected chi connectivity index (χ2v) is 19.6. The number of hydrogen-bond acceptors (Lipinski definition) is 12. The van der Waals surface area contributed by atoms with Crippen LogP contribution in [0.3, 0.4) is 0 Å². The van der Waals surface area contributed by atoms with Crippen molar-refractivity contribution in [1.82, 2.24) is 15.1 Å². The number of benzene rings is 3. The summed E-state index contributed by atoms with van der Waals surface area (Å²) in [7, 11) is 6.59. The second-order valence-electron chi connectivity index (χ2n) is 16.5. The van der Waals surface area contributed by atoms with Crippen LogP contribution in [-0.4, -0.2) is 103 Å². The lowest BCUT2D eigenvalue weighted by Crippen LogP contribution is -2.35. The third kappa shape index (κ3) is 10.9. The molecule has 1 N–H and O–H groups in total. The van der Waals surface area contributed by atoms with Gasteiger partial charge in [-0.05, 0) is 101 Å². The zero-order valence-corrected chi connectivity index (χ0v) is 38.8. The van der Waals surface area contributed by atoms with Crippen LogP contribution in [0.1, 0.15) is 91.6 Å². The highest BCUT2D eigenvalue weighted by atomic mass is 33.1. The summed E-state index contributed by atoms with van der Waals surface area (Å²) in [5, 5.41) is 3.02. The van der Waals surface area contributed by atoms with Crippen molar-refractivity contribution < 1.29 is 38.1 Å². The highest BCUT2D eigenvalue weighted by Crippen LogP contribution is 2.41. The first-order chi connectivity index (χ1) is 30.4. The van der Waals surface area contributed by atoms with Crippen molar-refractivity contribution in [2.45, 2.75) is 89.8 Å². The number of nitrogens with zero attached hydrogens (tertiary/aromatic N) is 4. The van der Waals surface area contributed by atoms with E-state index < -0.39 is 0 Å². The maximum absolute atomic E-state index is 13.7. The summed E-state index contributed by atoms with van der Waals surface area (Å²) >= 11 is 0. The minimum Gasteiger partial charge on any atom is -0.494 e. The van der Waals surface area contributed by atoms with Crippen LogP contribution < -0.4 is 29.0 Å². The molecule has 0 radical (unpaired) electrons. The fourth-order valence-corrected chi connectivity index (χ4v) is 10.3. The maximum atomic E-state index is 13.7. The van der Waals surface area contributed by atoms with Gasteiger partial charge in [-0.2, -0.15) is 0 Å². The fourth-order valence-electron chi connectivity index (χ4n) is 8.09. The number of carbonyl (C=O) groups excluding carboxylic acids is 3. The summed E-state index contributed by atoms with van der Waals surface area (Å²) in [4.78, 5) is 53.1. The molecule has 0 aliphatic carbocycles. The van der Waals surface area contributed by atoms with Crippen LogP contribution in [0.25, 0.3) is 0 Å². The summed E-state index contributed by atoms with van der Waals surface area (Å²) in [6.07, 6.45) is 13.3. The largest absolute Gasteiger partial charge is 0.494 e. The summed E-state index contributed by atoms with van der Waals surface area (Å²) in [5.74, 6) is 2.18. The van der Waals surface area contributed by atoms with Gasteiger partial charge < -0.3 is 38.8 Å². The van der Waals surface area contributed by atoms with E-state index >= 15 is 0 Å². The molecule has 15 heteroatoms. The lowest BCUT2D eigenvalue weighted by molar-refractivity contribution is -0.121. The first-order valence-electron chi connectivity index (χ1n) is 21.3. The van der Waals surface area contributed by atoms with Gasteiger partial charge in [-0.1, -0.05) is 44.9 Å². The second kappa shape index (κ2) is 20.4. The van der Waals surface area contributed by atoms with Gasteiger partial charge in [-0.3, -0.25) is 24.4 Å². The summed E-state index contributed by atoms with van der Waals surface area (Å²) in [6, 6.07) is 12.5. The molecule has 4 heterocycles. The molecular weight excluding hydrogens is 839 g/mol. The number of amides is 3. The van der Waals surface area contributed by atoms with Crippen LogP contribution in [-0.2, 0) is 18.0 Å². The molecule has 7 rings (SSSR count). The number of nitrogens with one attached hydrogen (secondary N) is 1. The molecule has 2 saturated heterocycles. The molecule has 13 nitrogen and oxygen atoms in total. The molecule has 3 aromatic carbocycles. The third-order valence-corrected chi connectivity index (χ3v) is 14.3. The van der Waals surface area contributed by atoms with Crippen molar-refractivity contribution in [3.8, 4) is 28.7 Å². The van der Waals surface area contributed by atoms with Crippen molar-refractivity contribution in [2.75, 3.05) is 46.7 Å². The Hall–Kier alpha value is -5.41. The van der Waals surface area contributed by atoms with Crippen molar-refractivity contribution >= 4 is 63.1 Å². The van der Waals surface area contributed by atoms with Gasteiger partial charge in [0.05, 0.1) is 55.4 Å². The zero-order valence-electron chi connectivity index (χ0n) is 37.2. The Balaban J connectivity index is 1.07. The normalized spacial score (nSPS) is 19.0. The summed E-state index contributed by atoms with van der Waals surface area (Å²) in [6.45, 7) is 10.6. The molecule has 3 amide bonds. The Labute approximate surface area is 378 Å². The van der Waals surface area contributed by atoms with Gasteiger partial charge in [0.15, 0.2) is 23.0 Å². The Kier molecular flexibility index (Phi) is 14.8. The quantitative estimate of drug-likeness (QED) is 0.0747. The number of carbonyl (C=O) groups is 3. The molecule has 0 saturated carbocycles. The molecule has 2 atom stereocenters. The highest BCUT2D eigenvalue weighted by Gasteiger charge is 2.36. The highest BCUT2D eigenvalue weighted by molar-refractivity contribution is 8.76. The Morgan fingerprint density at radius 1 is 0.778 bits per heavy atom. The number of hydrogen-bond donors (Lipinski definition) is 1. The lowest BCUT2D eigenvalue weighted by atomic mass is 10.1. The fraction of sp³-hybridized carbons (Fsp3) is 0.438. The van der Waals surface area contributed by atoms with Gasteiger partial charge in [-0.15, -0.1) is 0 Å². The maximum Gasteiger partial charge on any atom is 0.257 e. The molecule has 0 spiro atoms. The monoisotopic (exact) mass is 895 g/mol. The Bertz CT molecular complexity index is 2210. The van der Waals surface area contributed by atoms with E-state index in [-0.39, 0.29) is 47.8 Å². The Morgan fingerprint density at radius 3 is 1.78 bits per heavy atom. The third-order valence-electron chi connectivity index (χ3n) is 11.6. The molecular formula is C48H57N5O8S2. The number of rotatable bonds is 18.